The molecule has 8 nitrogen and oxygen atoms in total. The highest BCUT2D eigenvalue weighted by Gasteiger charge is 2.32. The van der Waals surface area contributed by atoms with Crippen molar-refractivity contribution in [2.45, 2.75) is 18.9 Å². The molecule has 2 saturated heterocycles. The van der Waals surface area contributed by atoms with Gasteiger partial charge in [0.1, 0.15) is 6.61 Å². The predicted octanol–water partition coefficient (Wildman–Crippen LogP) is 2.74. The third-order valence-electron chi connectivity index (χ3n) is 5.57. The summed E-state index contributed by atoms with van der Waals surface area (Å²) >= 11 is 5.87. The van der Waals surface area contributed by atoms with Crippen molar-refractivity contribution in [3.05, 3.63) is 53.6 Å². The SMILES string of the molecule is O=C(CN1CCC[C@@H]1C(=O)Nc1ccc(N2CCOCC2=O)cc1)Nc1ccc(Cl)cc1. The molecule has 2 aliphatic rings. The normalized spacial score (nSPS) is 19.1. The minimum Gasteiger partial charge on any atom is -0.370 e. The number of carbonyl (C=O) groups excluding carboxylic acids is 3. The number of likely N-dealkylation sites (tertiary alicyclic amines) is 1. The molecular formula is C23H25ClN4O4. The van der Waals surface area contributed by atoms with E-state index in [4.69, 9.17) is 16.3 Å². The van der Waals surface area contributed by atoms with Crippen LogP contribution >= 0.6 is 11.6 Å². The Morgan fingerprint density at radius 2 is 1.69 bits per heavy atom. The van der Waals surface area contributed by atoms with Gasteiger partial charge in [0, 0.05) is 28.6 Å². The highest BCUT2D eigenvalue weighted by molar-refractivity contribution is 6.30. The monoisotopic (exact) mass is 456 g/mol. The fourth-order valence-electron chi connectivity index (χ4n) is 3.97. The van der Waals surface area contributed by atoms with E-state index in [2.05, 4.69) is 10.6 Å². The molecule has 0 radical (unpaired) electrons. The zero-order valence-electron chi connectivity index (χ0n) is 17.6. The summed E-state index contributed by atoms with van der Waals surface area (Å²) in [5.74, 6) is -0.393. The molecule has 2 aromatic rings. The molecule has 0 aliphatic carbocycles. The largest absolute Gasteiger partial charge is 0.370 e. The van der Waals surface area contributed by atoms with Crippen LogP contribution in [0.2, 0.25) is 5.02 Å². The summed E-state index contributed by atoms with van der Waals surface area (Å²) in [5, 5.41) is 6.36. The maximum Gasteiger partial charge on any atom is 0.253 e. The fraction of sp³-hybridized carbons (Fsp3) is 0.348. The lowest BCUT2D eigenvalue weighted by atomic mass is 10.2. The van der Waals surface area contributed by atoms with Crippen molar-refractivity contribution in [1.29, 1.82) is 0 Å². The van der Waals surface area contributed by atoms with Crippen LogP contribution in [0.4, 0.5) is 17.1 Å². The smallest absolute Gasteiger partial charge is 0.253 e. The van der Waals surface area contributed by atoms with Gasteiger partial charge in [0.15, 0.2) is 0 Å². The van der Waals surface area contributed by atoms with Crippen molar-refractivity contribution < 1.29 is 19.1 Å². The van der Waals surface area contributed by atoms with E-state index >= 15 is 0 Å². The van der Waals surface area contributed by atoms with E-state index in [0.29, 0.717) is 42.5 Å². The van der Waals surface area contributed by atoms with Crippen molar-refractivity contribution in [2.24, 2.45) is 0 Å². The molecule has 2 aliphatic heterocycles. The van der Waals surface area contributed by atoms with Crippen molar-refractivity contribution in [1.82, 2.24) is 4.90 Å². The van der Waals surface area contributed by atoms with Gasteiger partial charge < -0.3 is 20.3 Å². The molecule has 2 N–H and O–H groups in total. The lowest BCUT2D eigenvalue weighted by Crippen LogP contribution is -2.43. The first kappa shape index (κ1) is 22.3. The number of nitrogens with one attached hydrogen (secondary N) is 2. The number of amides is 3. The molecule has 3 amide bonds. The van der Waals surface area contributed by atoms with Crippen LogP contribution in [-0.4, -0.2) is 61.5 Å². The Bertz CT molecular complexity index is 980. The average molecular weight is 457 g/mol. The van der Waals surface area contributed by atoms with Crippen LogP contribution in [0.25, 0.3) is 0 Å². The van der Waals surface area contributed by atoms with Gasteiger partial charge in [-0.25, -0.2) is 0 Å². The van der Waals surface area contributed by atoms with E-state index in [1.54, 1.807) is 41.3 Å². The summed E-state index contributed by atoms with van der Waals surface area (Å²) in [7, 11) is 0. The molecule has 9 heteroatoms. The van der Waals surface area contributed by atoms with Crippen LogP contribution in [0.5, 0.6) is 0 Å². The number of anilines is 3. The van der Waals surface area contributed by atoms with Crippen molar-refractivity contribution in [2.75, 3.05) is 48.4 Å². The Balaban J connectivity index is 1.32. The number of benzene rings is 2. The second kappa shape index (κ2) is 10.1. The van der Waals surface area contributed by atoms with Crippen LogP contribution < -0.4 is 15.5 Å². The molecule has 4 rings (SSSR count). The summed E-state index contributed by atoms with van der Waals surface area (Å²) in [6, 6.07) is 13.7. The molecule has 32 heavy (non-hydrogen) atoms. The van der Waals surface area contributed by atoms with Crippen LogP contribution in [0.1, 0.15) is 12.8 Å². The molecule has 2 aromatic carbocycles. The highest BCUT2D eigenvalue weighted by atomic mass is 35.5. The van der Waals surface area contributed by atoms with Crippen LogP contribution in [-0.2, 0) is 19.1 Å². The maximum absolute atomic E-state index is 12.9. The molecule has 0 bridgehead atoms. The summed E-state index contributed by atoms with van der Waals surface area (Å²) in [5.41, 5.74) is 2.09. The molecule has 2 heterocycles. The molecule has 0 aromatic heterocycles. The molecular weight excluding hydrogens is 432 g/mol. The number of carbonyl (C=O) groups is 3. The third kappa shape index (κ3) is 5.45. The first-order chi connectivity index (χ1) is 15.5. The van der Waals surface area contributed by atoms with Gasteiger partial charge in [-0.2, -0.15) is 0 Å². The van der Waals surface area contributed by atoms with Crippen LogP contribution in [0.15, 0.2) is 48.5 Å². The molecule has 0 spiro atoms. The standard InChI is InChI=1S/C23H25ClN4O4/c24-16-3-5-17(6-4-16)25-21(29)14-27-11-1-2-20(27)23(31)26-18-7-9-19(10-8-18)28-12-13-32-15-22(28)30/h3-10,20H,1-2,11-15H2,(H,25,29)(H,26,31)/t20-/m1/s1. The predicted molar refractivity (Wildman–Crippen MR) is 123 cm³/mol. The molecule has 168 valence electrons. The Kier molecular flexibility index (Phi) is 7.04. The zero-order valence-corrected chi connectivity index (χ0v) is 18.3. The first-order valence-corrected chi connectivity index (χ1v) is 11.0. The number of ether oxygens (including phenoxy) is 1. The lowest BCUT2D eigenvalue weighted by molar-refractivity contribution is -0.126. The van der Waals surface area contributed by atoms with E-state index in [1.807, 2.05) is 17.0 Å². The second-order valence-electron chi connectivity index (χ2n) is 7.82. The highest BCUT2D eigenvalue weighted by Crippen LogP contribution is 2.22. The van der Waals surface area contributed by atoms with E-state index in [0.717, 1.165) is 12.1 Å². The molecule has 0 unspecified atom stereocenters. The van der Waals surface area contributed by atoms with Gasteiger partial charge in [0.2, 0.25) is 11.8 Å². The van der Waals surface area contributed by atoms with Crippen molar-refractivity contribution >= 4 is 46.4 Å². The van der Waals surface area contributed by atoms with E-state index in [-0.39, 0.29) is 36.9 Å². The number of hydrogen-bond acceptors (Lipinski definition) is 5. The van der Waals surface area contributed by atoms with Crippen LogP contribution in [0.3, 0.4) is 0 Å². The summed E-state index contributed by atoms with van der Waals surface area (Å²) < 4.78 is 5.16. The first-order valence-electron chi connectivity index (χ1n) is 10.6. The Labute approximate surface area is 191 Å². The Morgan fingerprint density at radius 1 is 1.00 bits per heavy atom. The van der Waals surface area contributed by atoms with Crippen molar-refractivity contribution in [3.63, 3.8) is 0 Å². The Morgan fingerprint density at radius 3 is 2.41 bits per heavy atom. The van der Waals surface area contributed by atoms with Gasteiger partial charge in [0.25, 0.3) is 5.91 Å². The van der Waals surface area contributed by atoms with Gasteiger partial charge in [-0.3, -0.25) is 19.3 Å². The van der Waals surface area contributed by atoms with Crippen LogP contribution in [0, 0.1) is 0 Å². The summed E-state index contributed by atoms with van der Waals surface area (Å²) in [4.78, 5) is 40.8. The van der Waals surface area contributed by atoms with Gasteiger partial charge in [-0.15, -0.1) is 0 Å². The third-order valence-corrected chi connectivity index (χ3v) is 5.83. The second-order valence-corrected chi connectivity index (χ2v) is 8.25. The molecule has 0 saturated carbocycles. The number of nitrogens with zero attached hydrogens (tertiary/aromatic N) is 2. The number of halogens is 1. The fourth-order valence-corrected chi connectivity index (χ4v) is 4.10. The van der Waals surface area contributed by atoms with Gasteiger partial charge in [0.05, 0.1) is 19.2 Å². The Hall–Kier alpha value is -2.94. The van der Waals surface area contributed by atoms with E-state index in [9.17, 15) is 14.4 Å². The number of morpholine rings is 1. The minimum atomic E-state index is -0.369. The van der Waals surface area contributed by atoms with Gasteiger partial charge >= 0.3 is 0 Å². The summed E-state index contributed by atoms with van der Waals surface area (Å²) in [6.45, 7) is 1.93. The van der Waals surface area contributed by atoms with E-state index < -0.39 is 0 Å². The average Bonchev–Trinajstić information content (AvgIpc) is 3.24. The molecule has 2 fully saturated rings. The summed E-state index contributed by atoms with van der Waals surface area (Å²) in [6.07, 6.45) is 1.55. The van der Waals surface area contributed by atoms with Crippen molar-refractivity contribution in [3.8, 4) is 0 Å². The number of rotatable bonds is 6. The maximum atomic E-state index is 12.9. The minimum absolute atomic E-state index is 0.0773. The number of hydrogen-bond donors (Lipinski definition) is 2. The topological polar surface area (TPSA) is 91.0 Å². The van der Waals surface area contributed by atoms with Gasteiger partial charge in [-0.05, 0) is 67.9 Å². The zero-order chi connectivity index (χ0) is 22.5. The molecule has 1 atom stereocenters. The van der Waals surface area contributed by atoms with E-state index in [1.165, 1.54) is 0 Å². The van der Waals surface area contributed by atoms with Gasteiger partial charge in [-0.1, -0.05) is 11.6 Å². The lowest BCUT2D eigenvalue weighted by Gasteiger charge is -2.27. The quantitative estimate of drug-likeness (QED) is 0.697.